The first-order valence-electron chi connectivity index (χ1n) is 9.36. The van der Waals surface area contributed by atoms with Crippen molar-refractivity contribution in [1.82, 2.24) is 15.3 Å². The van der Waals surface area contributed by atoms with Crippen LogP contribution in [0.1, 0.15) is 27.2 Å². The Labute approximate surface area is 158 Å². The molecule has 5 nitrogen and oxygen atoms in total. The van der Waals surface area contributed by atoms with E-state index in [4.69, 9.17) is 4.98 Å². The summed E-state index contributed by atoms with van der Waals surface area (Å²) in [7, 11) is 0. The lowest BCUT2D eigenvalue weighted by Gasteiger charge is -2.32. The zero-order valence-corrected chi connectivity index (χ0v) is 15.0. The number of carbonyl (C=O) groups is 1. The van der Waals surface area contributed by atoms with Crippen LogP contribution in [0.25, 0.3) is 11.4 Å². The number of benzene rings is 2. The van der Waals surface area contributed by atoms with Gasteiger partial charge >= 0.3 is 0 Å². The molecule has 2 aliphatic rings. The SMILES string of the molecule is O=C1NCCc2c1nc(-c1ccccc1)nc2N1CCc2ccccc2C1. The minimum atomic E-state index is -0.102. The second-order valence-corrected chi connectivity index (χ2v) is 7.01. The number of rotatable bonds is 2. The molecule has 0 unspecified atom stereocenters. The van der Waals surface area contributed by atoms with Gasteiger partial charge in [0.2, 0.25) is 0 Å². The monoisotopic (exact) mass is 356 g/mol. The van der Waals surface area contributed by atoms with E-state index < -0.39 is 0 Å². The van der Waals surface area contributed by atoms with E-state index in [9.17, 15) is 4.79 Å². The van der Waals surface area contributed by atoms with Crippen LogP contribution in [0, 0.1) is 0 Å². The van der Waals surface area contributed by atoms with Crippen molar-refractivity contribution in [3.63, 3.8) is 0 Å². The molecule has 1 amide bonds. The molecule has 0 bridgehead atoms. The predicted molar refractivity (Wildman–Crippen MR) is 105 cm³/mol. The Morgan fingerprint density at radius 3 is 2.52 bits per heavy atom. The number of aromatic nitrogens is 2. The minimum Gasteiger partial charge on any atom is -0.352 e. The molecule has 0 aliphatic carbocycles. The lowest BCUT2D eigenvalue weighted by molar-refractivity contribution is 0.0940. The summed E-state index contributed by atoms with van der Waals surface area (Å²) in [5.74, 6) is 1.41. The van der Waals surface area contributed by atoms with E-state index in [1.54, 1.807) is 0 Å². The van der Waals surface area contributed by atoms with Crippen molar-refractivity contribution in [3.8, 4) is 11.4 Å². The highest BCUT2D eigenvalue weighted by Crippen LogP contribution is 2.31. The Morgan fingerprint density at radius 1 is 0.889 bits per heavy atom. The summed E-state index contributed by atoms with van der Waals surface area (Å²) < 4.78 is 0. The first-order chi connectivity index (χ1) is 13.3. The largest absolute Gasteiger partial charge is 0.352 e. The van der Waals surface area contributed by atoms with Crippen LogP contribution in [0.4, 0.5) is 5.82 Å². The normalized spacial score (nSPS) is 15.7. The molecule has 2 aliphatic heterocycles. The highest BCUT2D eigenvalue weighted by Gasteiger charge is 2.28. The summed E-state index contributed by atoms with van der Waals surface area (Å²) in [6.45, 7) is 2.35. The van der Waals surface area contributed by atoms with E-state index in [-0.39, 0.29) is 5.91 Å². The van der Waals surface area contributed by atoms with Gasteiger partial charge in [0.25, 0.3) is 5.91 Å². The van der Waals surface area contributed by atoms with Crippen LogP contribution in [0.3, 0.4) is 0 Å². The fourth-order valence-corrected chi connectivity index (χ4v) is 3.93. The molecule has 134 valence electrons. The molecule has 5 rings (SSSR count). The molecule has 27 heavy (non-hydrogen) atoms. The van der Waals surface area contributed by atoms with Crippen LogP contribution in [-0.4, -0.2) is 29.0 Å². The summed E-state index contributed by atoms with van der Waals surface area (Å²) in [5, 5.41) is 2.91. The van der Waals surface area contributed by atoms with E-state index >= 15 is 0 Å². The standard InChI is InChI=1S/C22H20N4O/c27-22-19-18(10-12-23-22)21(25-20(24-19)16-7-2-1-3-8-16)26-13-11-15-6-4-5-9-17(15)14-26/h1-9H,10-14H2,(H,23,27). The number of fused-ring (bicyclic) bond motifs is 2. The van der Waals surface area contributed by atoms with Crippen LogP contribution in [0.5, 0.6) is 0 Å². The second kappa shape index (κ2) is 6.50. The van der Waals surface area contributed by atoms with Crippen molar-refractivity contribution in [2.45, 2.75) is 19.4 Å². The molecule has 3 heterocycles. The molecule has 0 atom stereocenters. The van der Waals surface area contributed by atoms with Gasteiger partial charge in [-0.2, -0.15) is 0 Å². The number of hydrogen-bond acceptors (Lipinski definition) is 4. The van der Waals surface area contributed by atoms with Gasteiger partial charge in [-0.05, 0) is 24.0 Å². The van der Waals surface area contributed by atoms with Crippen LogP contribution in [0.2, 0.25) is 0 Å². The fourth-order valence-electron chi connectivity index (χ4n) is 3.93. The molecule has 1 aromatic heterocycles. The number of amides is 1. The number of nitrogens with zero attached hydrogens (tertiary/aromatic N) is 3. The average molecular weight is 356 g/mol. The third-order valence-electron chi connectivity index (χ3n) is 5.32. The third-order valence-corrected chi connectivity index (χ3v) is 5.32. The van der Waals surface area contributed by atoms with Gasteiger partial charge in [-0.25, -0.2) is 9.97 Å². The Hall–Kier alpha value is -3.21. The Kier molecular flexibility index (Phi) is 3.85. The molecule has 1 N–H and O–H groups in total. The Morgan fingerprint density at radius 2 is 1.67 bits per heavy atom. The van der Waals surface area contributed by atoms with Gasteiger partial charge in [-0.15, -0.1) is 0 Å². The molecule has 5 heteroatoms. The van der Waals surface area contributed by atoms with Crippen molar-refractivity contribution in [2.24, 2.45) is 0 Å². The molecule has 0 saturated carbocycles. The van der Waals surface area contributed by atoms with Crippen LogP contribution >= 0.6 is 0 Å². The number of carbonyl (C=O) groups excluding carboxylic acids is 1. The average Bonchev–Trinajstić information content (AvgIpc) is 2.74. The zero-order valence-electron chi connectivity index (χ0n) is 15.0. The quantitative estimate of drug-likeness (QED) is 0.767. The van der Waals surface area contributed by atoms with E-state index in [2.05, 4.69) is 39.5 Å². The Balaban J connectivity index is 1.63. The lowest BCUT2D eigenvalue weighted by Crippen LogP contribution is -2.37. The summed E-state index contributed by atoms with van der Waals surface area (Å²) in [4.78, 5) is 24.3. The zero-order chi connectivity index (χ0) is 18.2. The van der Waals surface area contributed by atoms with Gasteiger partial charge in [0.05, 0.1) is 0 Å². The fraction of sp³-hybridized carbons (Fsp3) is 0.227. The maximum Gasteiger partial charge on any atom is 0.270 e. The third kappa shape index (κ3) is 2.85. The lowest BCUT2D eigenvalue weighted by atomic mass is 9.98. The highest BCUT2D eigenvalue weighted by molar-refractivity contribution is 5.96. The Bertz CT molecular complexity index is 1020. The van der Waals surface area contributed by atoms with Crippen LogP contribution in [-0.2, 0) is 19.4 Å². The van der Waals surface area contributed by atoms with Gasteiger partial charge in [0, 0.05) is 30.8 Å². The molecule has 0 spiro atoms. The predicted octanol–water partition coefficient (Wildman–Crippen LogP) is 2.99. The summed E-state index contributed by atoms with van der Waals surface area (Å²) in [6, 6.07) is 18.4. The molecular weight excluding hydrogens is 336 g/mol. The number of hydrogen-bond donors (Lipinski definition) is 1. The summed E-state index contributed by atoms with van der Waals surface area (Å²) in [5.41, 5.74) is 5.15. The van der Waals surface area contributed by atoms with Crippen molar-refractivity contribution in [3.05, 3.63) is 77.0 Å². The smallest absolute Gasteiger partial charge is 0.270 e. The molecule has 0 radical (unpaired) electrons. The van der Waals surface area contributed by atoms with Crippen molar-refractivity contribution in [1.29, 1.82) is 0 Å². The molecule has 2 aromatic carbocycles. The van der Waals surface area contributed by atoms with Crippen LogP contribution < -0.4 is 10.2 Å². The van der Waals surface area contributed by atoms with Crippen molar-refractivity contribution < 1.29 is 4.79 Å². The first kappa shape index (κ1) is 16.0. The topological polar surface area (TPSA) is 58.1 Å². The molecule has 0 fully saturated rings. The molecule has 0 saturated heterocycles. The molecular formula is C22H20N4O. The van der Waals surface area contributed by atoms with Gasteiger partial charge < -0.3 is 10.2 Å². The van der Waals surface area contributed by atoms with Gasteiger partial charge in [0.1, 0.15) is 11.5 Å². The second-order valence-electron chi connectivity index (χ2n) is 7.01. The minimum absolute atomic E-state index is 0.102. The molecule has 3 aromatic rings. The van der Waals surface area contributed by atoms with Crippen LogP contribution in [0.15, 0.2) is 54.6 Å². The maximum atomic E-state index is 12.5. The summed E-state index contributed by atoms with van der Waals surface area (Å²) >= 11 is 0. The number of anilines is 1. The van der Waals surface area contributed by atoms with E-state index in [0.29, 0.717) is 18.1 Å². The first-order valence-corrected chi connectivity index (χ1v) is 9.36. The van der Waals surface area contributed by atoms with E-state index in [1.165, 1.54) is 11.1 Å². The summed E-state index contributed by atoms with van der Waals surface area (Å²) in [6.07, 6.45) is 1.76. The van der Waals surface area contributed by atoms with Gasteiger partial charge in [0.15, 0.2) is 5.82 Å². The van der Waals surface area contributed by atoms with Crippen molar-refractivity contribution in [2.75, 3.05) is 18.0 Å². The maximum absolute atomic E-state index is 12.5. The van der Waals surface area contributed by atoms with Crippen molar-refractivity contribution >= 4 is 11.7 Å². The van der Waals surface area contributed by atoms with Gasteiger partial charge in [-0.1, -0.05) is 54.6 Å². The highest BCUT2D eigenvalue weighted by atomic mass is 16.1. The van der Waals surface area contributed by atoms with E-state index in [1.807, 2.05) is 30.3 Å². The number of nitrogens with one attached hydrogen (secondary N) is 1. The van der Waals surface area contributed by atoms with Gasteiger partial charge in [-0.3, -0.25) is 4.79 Å². The van der Waals surface area contributed by atoms with E-state index in [0.717, 1.165) is 42.9 Å².